The van der Waals surface area contributed by atoms with Gasteiger partial charge in [0.05, 0.1) is 43.0 Å². The average molecular weight is 662 g/mol. The highest BCUT2D eigenvalue weighted by molar-refractivity contribution is 6.01. The molecule has 17 heteroatoms. The average Bonchev–Trinajstić information content (AvgIpc) is 3.70. The molecule has 5 aromatic rings. The van der Waals surface area contributed by atoms with Gasteiger partial charge in [0.25, 0.3) is 11.1 Å². The second-order valence-electron chi connectivity index (χ2n) is 10.1. The van der Waals surface area contributed by atoms with E-state index in [-0.39, 0.29) is 32.0 Å². The molecule has 3 aromatic carbocycles. The molecule has 17 nitrogen and oxygen atoms in total. The Morgan fingerprint density at radius 1 is 0.979 bits per heavy atom. The fraction of sp³-hybridized carbons (Fsp3) is 0.290. The molecule has 0 saturated carbocycles. The van der Waals surface area contributed by atoms with Crippen molar-refractivity contribution in [2.45, 2.75) is 26.6 Å². The Kier molecular flexibility index (Phi) is 10.7. The Morgan fingerprint density at radius 3 is 2.46 bits per heavy atom. The Labute approximate surface area is 272 Å². The highest BCUT2D eigenvalue weighted by Gasteiger charge is 2.20. The molecule has 2 heterocycles. The standard InChI is InChI=1S/C31H31N7O10/c1-3-45-30-32-26-10-6-9-25(29(39)40)27(26)36(30)19-21-11-13-22(14-12-21)23-7-4-5-8-24(23)28-33-35-37(34-28)20(2)48-31(41)46-17-15-44-16-18-47-38(42)43/h4-14,20H,3,15-19H2,1-2H3,(H,39,40). The molecule has 1 atom stereocenters. The van der Waals surface area contributed by atoms with Crippen molar-refractivity contribution in [3.8, 4) is 28.5 Å². The number of carbonyl (C=O) groups excluding carboxylic acids is 1. The van der Waals surface area contributed by atoms with Crippen molar-refractivity contribution in [1.29, 1.82) is 0 Å². The molecule has 250 valence electrons. The summed E-state index contributed by atoms with van der Waals surface area (Å²) in [6.07, 6.45) is -1.93. The minimum atomic E-state index is -1.05. The predicted molar refractivity (Wildman–Crippen MR) is 167 cm³/mol. The third-order valence-corrected chi connectivity index (χ3v) is 6.90. The zero-order valence-corrected chi connectivity index (χ0v) is 25.9. The molecule has 5 rings (SSSR count). The van der Waals surface area contributed by atoms with Gasteiger partial charge in [-0.1, -0.05) is 54.6 Å². The summed E-state index contributed by atoms with van der Waals surface area (Å²) in [5, 5.41) is 31.6. The van der Waals surface area contributed by atoms with Crippen molar-refractivity contribution in [2.75, 3.05) is 33.0 Å². The van der Waals surface area contributed by atoms with Crippen LogP contribution in [-0.4, -0.2) is 85.1 Å². The van der Waals surface area contributed by atoms with Crippen LogP contribution in [0.2, 0.25) is 0 Å². The number of carboxylic acids is 1. The maximum Gasteiger partial charge on any atom is 0.510 e. The first-order valence-electron chi connectivity index (χ1n) is 14.8. The van der Waals surface area contributed by atoms with Gasteiger partial charge in [-0.2, -0.15) is 4.98 Å². The number of aromatic nitrogens is 6. The quantitative estimate of drug-likeness (QED) is 0.0674. The van der Waals surface area contributed by atoms with Gasteiger partial charge in [0, 0.05) is 5.56 Å². The van der Waals surface area contributed by atoms with E-state index >= 15 is 0 Å². The van der Waals surface area contributed by atoms with Crippen molar-refractivity contribution < 1.29 is 43.6 Å². The number of benzene rings is 3. The van der Waals surface area contributed by atoms with Crippen LogP contribution in [0.4, 0.5) is 4.79 Å². The molecule has 48 heavy (non-hydrogen) atoms. The van der Waals surface area contributed by atoms with Crippen LogP contribution in [0.1, 0.15) is 36.0 Å². The largest absolute Gasteiger partial charge is 0.510 e. The van der Waals surface area contributed by atoms with Gasteiger partial charge in [-0.05, 0) is 47.9 Å². The minimum Gasteiger partial charge on any atom is -0.478 e. The van der Waals surface area contributed by atoms with Crippen molar-refractivity contribution in [3.05, 3.63) is 88.0 Å². The normalized spacial score (nSPS) is 11.6. The van der Waals surface area contributed by atoms with Gasteiger partial charge in [-0.25, -0.2) is 9.59 Å². The third-order valence-electron chi connectivity index (χ3n) is 6.90. The van der Waals surface area contributed by atoms with Gasteiger partial charge < -0.3 is 28.9 Å². The van der Waals surface area contributed by atoms with Crippen LogP contribution in [0.5, 0.6) is 6.01 Å². The molecule has 0 aliphatic carbocycles. The predicted octanol–water partition coefficient (Wildman–Crippen LogP) is 4.40. The fourth-order valence-corrected chi connectivity index (χ4v) is 4.79. The first-order valence-corrected chi connectivity index (χ1v) is 14.8. The second-order valence-corrected chi connectivity index (χ2v) is 10.1. The first kappa shape index (κ1) is 33.3. The number of fused-ring (bicyclic) bond motifs is 1. The zero-order valence-electron chi connectivity index (χ0n) is 25.9. The lowest BCUT2D eigenvalue weighted by atomic mass is 9.98. The van der Waals surface area contributed by atoms with Crippen LogP contribution in [0.25, 0.3) is 33.5 Å². The Morgan fingerprint density at radius 2 is 1.73 bits per heavy atom. The van der Waals surface area contributed by atoms with E-state index < -0.39 is 23.4 Å². The van der Waals surface area contributed by atoms with Crippen molar-refractivity contribution in [1.82, 2.24) is 29.8 Å². The number of aromatic carboxylic acids is 1. The summed E-state index contributed by atoms with van der Waals surface area (Å²) in [5.41, 5.74) is 4.44. The van der Waals surface area contributed by atoms with Crippen LogP contribution in [-0.2, 0) is 25.6 Å². The summed E-state index contributed by atoms with van der Waals surface area (Å²) in [6, 6.07) is 20.6. The van der Waals surface area contributed by atoms with Gasteiger partial charge in [0.1, 0.15) is 13.2 Å². The van der Waals surface area contributed by atoms with E-state index in [9.17, 15) is 24.8 Å². The van der Waals surface area contributed by atoms with Gasteiger partial charge in [-0.15, -0.1) is 25.1 Å². The van der Waals surface area contributed by atoms with Gasteiger partial charge in [0.2, 0.25) is 12.1 Å². The molecule has 1 N–H and O–H groups in total. The SMILES string of the molecule is CCOc1nc2cccc(C(=O)O)c2n1Cc1ccc(-c2ccccc2-c2nnn(C(C)OC(=O)OCCOCCO[N+](=O)[O-])n2)cc1. The number of ether oxygens (including phenoxy) is 4. The molecule has 0 aliphatic rings. The number of nitrogens with zero attached hydrogens (tertiary/aromatic N) is 7. The lowest BCUT2D eigenvalue weighted by Crippen LogP contribution is -2.19. The van der Waals surface area contributed by atoms with E-state index in [0.717, 1.165) is 21.5 Å². The number of carboxylic acid groups (broad SMARTS) is 1. The van der Waals surface area contributed by atoms with Crippen LogP contribution < -0.4 is 4.74 Å². The van der Waals surface area contributed by atoms with Crippen LogP contribution in [0, 0.1) is 10.1 Å². The van der Waals surface area contributed by atoms with Crippen LogP contribution >= 0.6 is 0 Å². The van der Waals surface area contributed by atoms with Crippen LogP contribution in [0.3, 0.4) is 0 Å². The monoisotopic (exact) mass is 661 g/mol. The van der Waals surface area contributed by atoms with Gasteiger partial charge in [-0.3, -0.25) is 4.57 Å². The van der Waals surface area contributed by atoms with Crippen molar-refractivity contribution in [3.63, 3.8) is 0 Å². The lowest BCUT2D eigenvalue weighted by Gasteiger charge is -2.12. The van der Waals surface area contributed by atoms with E-state index in [1.54, 1.807) is 29.7 Å². The highest BCUT2D eigenvalue weighted by Crippen LogP contribution is 2.31. The topological polar surface area (TPSA) is 205 Å². The van der Waals surface area contributed by atoms with Crippen molar-refractivity contribution >= 4 is 23.2 Å². The molecule has 0 radical (unpaired) electrons. The molecule has 0 spiro atoms. The van der Waals surface area contributed by atoms with Crippen LogP contribution in [0.15, 0.2) is 66.7 Å². The maximum absolute atomic E-state index is 12.1. The fourth-order valence-electron chi connectivity index (χ4n) is 4.79. The summed E-state index contributed by atoms with van der Waals surface area (Å²) < 4.78 is 22.7. The molecule has 0 fully saturated rings. The molecule has 0 aliphatic heterocycles. The summed E-state index contributed by atoms with van der Waals surface area (Å²) in [5.74, 6) is -0.748. The number of tetrazole rings is 1. The molecule has 1 unspecified atom stereocenters. The summed E-state index contributed by atoms with van der Waals surface area (Å²) in [4.78, 5) is 43.9. The highest BCUT2D eigenvalue weighted by atomic mass is 17.0. The zero-order chi connectivity index (χ0) is 34.0. The molecule has 2 aromatic heterocycles. The van der Waals surface area contributed by atoms with Gasteiger partial charge >= 0.3 is 12.1 Å². The number of rotatable bonds is 16. The number of para-hydroxylation sites is 1. The third kappa shape index (κ3) is 8.00. The van der Waals surface area contributed by atoms with Crippen molar-refractivity contribution in [2.24, 2.45) is 0 Å². The Balaban J connectivity index is 1.26. The molecule has 0 saturated heterocycles. The van der Waals surface area contributed by atoms with E-state index in [4.69, 9.17) is 18.9 Å². The lowest BCUT2D eigenvalue weighted by molar-refractivity contribution is -0.758. The summed E-state index contributed by atoms with van der Waals surface area (Å²) in [7, 11) is 0. The Hall–Kier alpha value is -6.10. The number of imidazole rings is 1. The maximum atomic E-state index is 12.1. The van der Waals surface area contributed by atoms with E-state index in [1.165, 1.54) is 0 Å². The summed E-state index contributed by atoms with van der Waals surface area (Å²) in [6.45, 7) is 3.67. The number of hydrogen-bond donors (Lipinski definition) is 1. The smallest absolute Gasteiger partial charge is 0.478 e. The summed E-state index contributed by atoms with van der Waals surface area (Å²) >= 11 is 0. The second kappa shape index (κ2) is 15.5. The minimum absolute atomic E-state index is 0.00548. The molecular weight excluding hydrogens is 630 g/mol. The number of carbonyl (C=O) groups is 2. The van der Waals surface area contributed by atoms with E-state index in [0.29, 0.717) is 41.6 Å². The Bertz CT molecular complexity index is 1890. The van der Waals surface area contributed by atoms with Gasteiger partial charge in [0.15, 0.2) is 0 Å². The molecule has 0 bridgehead atoms. The van der Waals surface area contributed by atoms with E-state index in [1.807, 2.05) is 55.5 Å². The number of hydrogen-bond acceptors (Lipinski definition) is 13. The first-order chi connectivity index (χ1) is 23.2. The molecule has 0 amide bonds. The molecular formula is C31H31N7O10. The van der Waals surface area contributed by atoms with E-state index in [2.05, 4.69) is 25.2 Å².